The van der Waals surface area contributed by atoms with E-state index >= 15 is 0 Å². The zero-order chi connectivity index (χ0) is 22.8. The van der Waals surface area contributed by atoms with E-state index in [1.807, 2.05) is 0 Å². The number of aryl methyl sites for hydroxylation is 1. The summed E-state index contributed by atoms with van der Waals surface area (Å²) >= 11 is 0. The number of carbonyl (C=O) groups is 2. The third kappa shape index (κ3) is 4.45. The predicted octanol–water partition coefficient (Wildman–Crippen LogP) is 5.50. The normalized spacial score (nSPS) is 11.5. The Kier molecular flexibility index (Phi) is 6.14. The number of hydrogen-bond donors (Lipinski definition) is 0. The quantitative estimate of drug-likeness (QED) is 0.161. The predicted molar refractivity (Wildman–Crippen MR) is 104 cm³/mol. The van der Waals surface area contributed by atoms with Crippen LogP contribution in [-0.2, 0) is 26.9 Å². The third-order valence-corrected chi connectivity index (χ3v) is 4.46. The monoisotopic (exact) mass is 436 g/mol. The fourth-order valence-electron chi connectivity index (χ4n) is 3.14. The maximum Gasteiger partial charge on any atom is 0.420 e. The lowest BCUT2D eigenvalue weighted by Crippen LogP contribution is -2.11. The van der Waals surface area contributed by atoms with Gasteiger partial charge in [0.15, 0.2) is 11.3 Å². The molecule has 0 spiro atoms. The van der Waals surface area contributed by atoms with Gasteiger partial charge >= 0.3 is 18.1 Å². The molecule has 1 heterocycles. The molecule has 0 atom stereocenters. The Hall–Kier alpha value is -3.62. The summed E-state index contributed by atoms with van der Waals surface area (Å²) < 4.78 is 71.2. The smallest absolute Gasteiger partial charge is 0.420 e. The van der Waals surface area contributed by atoms with Gasteiger partial charge in [-0.1, -0.05) is 25.3 Å². The van der Waals surface area contributed by atoms with Crippen LogP contribution in [0, 0.1) is 5.82 Å². The number of rotatable bonds is 7. The number of hydrogen-bond acceptors (Lipinski definition) is 5. The molecule has 0 aliphatic rings. The first-order valence-corrected chi connectivity index (χ1v) is 9.04. The first-order chi connectivity index (χ1) is 14.7. The average Bonchev–Trinajstić information content (AvgIpc) is 3.10. The van der Waals surface area contributed by atoms with Gasteiger partial charge in [-0.05, 0) is 30.5 Å². The summed E-state index contributed by atoms with van der Waals surface area (Å²) in [5, 5.41) is 0.160. The van der Waals surface area contributed by atoms with Crippen LogP contribution in [0.5, 0.6) is 5.75 Å². The SMILES string of the molecule is C=CC(=O)OCCCc1ccc2c(oc3c(F)c(OC(=O)C=C)ccc32)c1C(F)(F)F. The Morgan fingerprint density at radius 3 is 2.29 bits per heavy atom. The van der Waals surface area contributed by atoms with Crippen molar-refractivity contribution in [2.24, 2.45) is 0 Å². The zero-order valence-electron chi connectivity index (χ0n) is 16.1. The molecule has 2 aromatic carbocycles. The molecule has 31 heavy (non-hydrogen) atoms. The lowest BCUT2D eigenvalue weighted by atomic mass is 9.99. The number of ether oxygens (including phenoxy) is 2. The Bertz CT molecular complexity index is 1190. The molecular formula is C22H16F4O5. The van der Waals surface area contributed by atoms with E-state index in [1.54, 1.807) is 0 Å². The number of carbonyl (C=O) groups excluding carboxylic acids is 2. The fourth-order valence-corrected chi connectivity index (χ4v) is 3.14. The van der Waals surface area contributed by atoms with E-state index < -0.39 is 46.4 Å². The molecule has 3 rings (SSSR count). The molecule has 0 aliphatic carbocycles. The highest BCUT2D eigenvalue weighted by Crippen LogP contribution is 2.43. The van der Waals surface area contributed by atoms with Crippen LogP contribution in [-0.4, -0.2) is 18.5 Å². The Morgan fingerprint density at radius 1 is 1.00 bits per heavy atom. The highest BCUT2D eigenvalue weighted by molar-refractivity contribution is 6.07. The van der Waals surface area contributed by atoms with Crippen molar-refractivity contribution in [1.29, 1.82) is 0 Å². The first kappa shape index (κ1) is 22.1. The summed E-state index contributed by atoms with van der Waals surface area (Å²) in [5.41, 5.74) is -2.13. The second-order valence-electron chi connectivity index (χ2n) is 6.43. The molecule has 0 aliphatic heterocycles. The molecule has 3 aromatic rings. The maximum absolute atomic E-state index is 14.7. The minimum Gasteiger partial charge on any atom is -0.463 e. The molecule has 1 aromatic heterocycles. The molecule has 162 valence electrons. The number of fused-ring (bicyclic) bond motifs is 3. The number of furan rings is 1. The summed E-state index contributed by atoms with van der Waals surface area (Å²) in [6.45, 7) is 6.34. The van der Waals surface area contributed by atoms with Gasteiger partial charge < -0.3 is 13.9 Å². The summed E-state index contributed by atoms with van der Waals surface area (Å²) in [7, 11) is 0. The van der Waals surface area contributed by atoms with Crippen LogP contribution < -0.4 is 4.74 Å². The van der Waals surface area contributed by atoms with Crippen molar-refractivity contribution >= 4 is 33.9 Å². The van der Waals surface area contributed by atoms with Gasteiger partial charge in [-0.25, -0.2) is 9.59 Å². The van der Waals surface area contributed by atoms with Gasteiger partial charge in [0, 0.05) is 22.9 Å². The van der Waals surface area contributed by atoms with Crippen molar-refractivity contribution in [1.82, 2.24) is 0 Å². The van der Waals surface area contributed by atoms with Gasteiger partial charge in [0.05, 0.1) is 6.61 Å². The van der Waals surface area contributed by atoms with Gasteiger partial charge in [-0.3, -0.25) is 0 Å². The second-order valence-corrected chi connectivity index (χ2v) is 6.43. The molecule has 0 saturated carbocycles. The molecule has 0 saturated heterocycles. The van der Waals surface area contributed by atoms with E-state index in [0.717, 1.165) is 18.2 Å². The van der Waals surface area contributed by atoms with E-state index in [2.05, 4.69) is 13.2 Å². The highest BCUT2D eigenvalue weighted by Gasteiger charge is 2.37. The lowest BCUT2D eigenvalue weighted by Gasteiger charge is -2.13. The first-order valence-electron chi connectivity index (χ1n) is 9.04. The van der Waals surface area contributed by atoms with E-state index in [0.29, 0.717) is 0 Å². The van der Waals surface area contributed by atoms with E-state index in [4.69, 9.17) is 13.9 Å². The Morgan fingerprint density at radius 2 is 1.65 bits per heavy atom. The Labute approximate surface area is 173 Å². The third-order valence-electron chi connectivity index (χ3n) is 4.46. The van der Waals surface area contributed by atoms with Crippen LogP contribution in [0.25, 0.3) is 21.9 Å². The summed E-state index contributed by atoms with van der Waals surface area (Å²) in [5.74, 6) is -3.19. The largest absolute Gasteiger partial charge is 0.463 e. The summed E-state index contributed by atoms with van der Waals surface area (Å²) in [6, 6.07) is 5.11. The molecule has 0 amide bonds. The van der Waals surface area contributed by atoms with Gasteiger partial charge in [0.1, 0.15) is 11.1 Å². The zero-order valence-corrected chi connectivity index (χ0v) is 16.1. The van der Waals surface area contributed by atoms with Crippen LogP contribution in [0.2, 0.25) is 0 Å². The van der Waals surface area contributed by atoms with Gasteiger partial charge in [-0.2, -0.15) is 17.6 Å². The second kappa shape index (κ2) is 8.63. The van der Waals surface area contributed by atoms with Crippen LogP contribution in [0.1, 0.15) is 17.5 Å². The average molecular weight is 436 g/mol. The van der Waals surface area contributed by atoms with Crippen molar-refractivity contribution in [2.75, 3.05) is 6.61 Å². The topological polar surface area (TPSA) is 65.7 Å². The molecule has 5 nitrogen and oxygen atoms in total. The summed E-state index contributed by atoms with van der Waals surface area (Å²) in [6.07, 6.45) is -2.93. The minimum absolute atomic E-state index is 0.0586. The lowest BCUT2D eigenvalue weighted by molar-refractivity contribution is -0.139. The van der Waals surface area contributed by atoms with Crippen LogP contribution in [0.4, 0.5) is 17.6 Å². The number of halogens is 4. The van der Waals surface area contributed by atoms with Crippen molar-refractivity contribution in [3.63, 3.8) is 0 Å². The molecule has 0 radical (unpaired) electrons. The molecule has 0 N–H and O–H groups in total. The van der Waals surface area contributed by atoms with Gasteiger partial charge in [0.25, 0.3) is 0 Å². The van der Waals surface area contributed by atoms with E-state index in [1.165, 1.54) is 18.2 Å². The molecule has 9 heteroatoms. The van der Waals surface area contributed by atoms with Crippen molar-refractivity contribution in [3.8, 4) is 5.75 Å². The van der Waals surface area contributed by atoms with Crippen molar-refractivity contribution in [3.05, 3.63) is 66.5 Å². The van der Waals surface area contributed by atoms with E-state index in [-0.39, 0.29) is 35.8 Å². The van der Waals surface area contributed by atoms with Crippen molar-refractivity contribution in [2.45, 2.75) is 19.0 Å². The summed E-state index contributed by atoms with van der Waals surface area (Å²) in [4.78, 5) is 22.4. The van der Waals surface area contributed by atoms with Gasteiger partial charge in [-0.15, -0.1) is 0 Å². The minimum atomic E-state index is -4.78. The van der Waals surface area contributed by atoms with E-state index in [9.17, 15) is 27.2 Å². The molecule has 0 fully saturated rings. The molecule has 0 unspecified atom stereocenters. The van der Waals surface area contributed by atoms with Crippen LogP contribution >= 0.6 is 0 Å². The highest BCUT2D eigenvalue weighted by atomic mass is 19.4. The van der Waals surface area contributed by atoms with Gasteiger partial charge in [0.2, 0.25) is 5.82 Å². The Balaban J connectivity index is 2.07. The standard InChI is InChI=1S/C22H16F4O5/c1-3-16(27)29-11-5-6-12-7-8-13-14-9-10-15(30-17(28)4-2)19(23)21(14)31-20(13)18(12)22(24,25)26/h3-4,7-10H,1-2,5-6,11H2. The van der Waals surface area contributed by atoms with Crippen LogP contribution in [0.3, 0.4) is 0 Å². The molecular weight excluding hydrogens is 420 g/mol. The molecule has 0 bridgehead atoms. The number of esters is 2. The van der Waals surface area contributed by atoms with Crippen molar-refractivity contribution < 1.29 is 41.0 Å². The number of alkyl halides is 3. The van der Waals surface area contributed by atoms with Crippen LogP contribution in [0.15, 0.2) is 54.0 Å². The fraction of sp³-hybridized carbons (Fsp3) is 0.182. The number of benzene rings is 2. The maximum atomic E-state index is 14.7.